The molecular weight excluding hydrogens is 220 g/mol. The number of carbonyl (C=O) groups excluding carboxylic acids is 2. The van der Waals surface area contributed by atoms with E-state index in [0.717, 1.165) is 4.90 Å². The Morgan fingerprint density at radius 3 is 2.80 bits per heavy atom. The van der Waals surface area contributed by atoms with E-state index in [1.807, 2.05) is 0 Å². The van der Waals surface area contributed by atoms with Gasteiger partial charge >= 0.3 is 6.09 Å². The summed E-state index contributed by atoms with van der Waals surface area (Å²) in [5, 5.41) is 4.22. The molecular formula is C8H12N2O4S. The predicted molar refractivity (Wildman–Crippen MR) is 55.4 cm³/mol. The Morgan fingerprint density at radius 1 is 1.67 bits per heavy atom. The average Bonchev–Trinajstić information content (AvgIpc) is 2.59. The smallest absolute Gasteiger partial charge is 0.361 e. The minimum Gasteiger partial charge on any atom is -0.361 e. The average molecular weight is 232 g/mol. The van der Waals surface area contributed by atoms with Gasteiger partial charge in [0.05, 0.1) is 5.94 Å². The van der Waals surface area contributed by atoms with Gasteiger partial charge in [-0.1, -0.05) is 16.9 Å². The number of thioether (sulfide) groups is 1. The second kappa shape index (κ2) is 5.13. The Kier molecular flexibility index (Phi) is 4.10. The quantitative estimate of drug-likeness (QED) is 0.499. The van der Waals surface area contributed by atoms with E-state index in [1.165, 1.54) is 25.7 Å². The van der Waals surface area contributed by atoms with Crippen LogP contribution in [0.1, 0.15) is 13.8 Å². The van der Waals surface area contributed by atoms with Crippen LogP contribution in [0.2, 0.25) is 0 Å². The molecule has 0 spiro atoms. The van der Waals surface area contributed by atoms with Crippen molar-refractivity contribution in [1.29, 1.82) is 0 Å². The molecule has 0 radical (unpaired) electrons. The van der Waals surface area contributed by atoms with Gasteiger partial charge in [0.15, 0.2) is 0 Å². The third-order valence-corrected chi connectivity index (χ3v) is 2.79. The number of imide groups is 1. The first-order chi connectivity index (χ1) is 7.02. The number of amides is 2. The van der Waals surface area contributed by atoms with Crippen molar-refractivity contribution in [1.82, 2.24) is 4.90 Å². The maximum absolute atomic E-state index is 11.2. The molecule has 84 valence electrons. The van der Waals surface area contributed by atoms with E-state index in [4.69, 9.17) is 4.74 Å². The molecule has 1 heterocycles. The summed E-state index contributed by atoms with van der Waals surface area (Å²) in [6, 6.07) is 0. The predicted octanol–water partition coefficient (Wildman–Crippen LogP) is 1.02. The molecule has 0 aromatic rings. The largest absolute Gasteiger partial charge is 0.442 e. The summed E-state index contributed by atoms with van der Waals surface area (Å²) in [5.41, 5.74) is 0. The monoisotopic (exact) mass is 232 g/mol. The Labute approximate surface area is 91.6 Å². The van der Waals surface area contributed by atoms with Crippen molar-refractivity contribution >= 4 is 28.8 Å². The molecule has 1 aliphatic heterocycles. The van der Waals surface area contributed by atoms with Gasteiger partial charge in [0, 0.05) is 14.0 Å². The first-order valence-electron chi connectivity index (χ1n) is 4.30. The molecule has 0 saturated carbocycles. The number of oxime groups is 1. The van der Waals surface area contributed by atoms with Crippen LogP contribution in [0.25, 0.3) is 0 Å². The van der Waals surface area contributed by atoms with Crippen molar-refractivity contribution in [2.75, 3.05) is 13.0 Å². The molecule has 15 heavy (non-hydrogen) atoms. The number of ether oxygens (including phenoxy) is 1. The van der Waals surface area contributed by atoms with Gasteiger partial charge in [-0.15, -0.1) is 0 Å². The lowest BCUT2D eigenvalue weighted by atomic mass is 10.4. The van der Waals surface area contributed by atoms with Crippen molar-refractivity contribution in [3.8, 4) is 0 Å². The molecule has 0 aliphatic carbocycles. The van der Waals surface area contributed by atoms with Crippen molar-refractivity contribution in [2.45, 2.75) is 20.0 Å². The third kappa shape index (κ3) is 3.21. The second-order valence-corrected chi connectivity index (χ2v) is 3.88. The Morgan fingerprint density at radius 2 is 2.33 bits per heavy atom. The van der Waals surface area contributed by atoms with Crippen LogP contribution >= 0.6 is 11.8 Å². The molecule has 0 aromatic carbocycles. The van der Waals surface area contributed by atoms with E-state index < -0.39 is 12.0 Å². The van der Waals surface area contributed by atoms with Gasteiger partial charge in [-0.25, -0.2) is 9.69 Å². The van der Waals surface area contributed by atoms with Gasteiger partial charge in [-0.2, -0.15) is 0 Å². The fraction of sp³-hybridized carbons (Fsp3) is 0.625. The highest BCUT2D eigenvalue weighted by molar-refractivity contribution is 8.14. The van der Waals surface area contributed by atoms with Crippen LogP contribution in [-0.2, 0) is 14.4 Å². The van der Waals surface area contributed by atoms with Gasteiger partial charge in [0.1, 0.15) is 11.1 Å². The van der Waals surface area contributed by atoms with Crippen LogP contribution in [0.15, 0.2) is 5.16 Å². The molecule has 0 N–H and O–H groups in total. The standard InChI is InChI=1S/C8H12N2O4S/c1-5-7(15-4-13-5)9-14-8(12)10(3)6(2)11/h5H,4H2,1-3H3/b9-7+. The second-order valence-electron chi connectivity index (χ2n) is 2.94. The Bertz CT molecular complexity index is 305. The summed E-state index contributed by atoms with van der Waals surface area (Å²) < 4.78 is 5.17. The lowest BCUT2D eigenvalue weighted by Crippen LogP contribution is -2.30. The molecule has 1 unspecified atom stereocenters. The first kappa shape index (κ1) is 12.0. The first-order valence-corrected chi connectivity index (χ1v) is 5.28. The van der Waals surface area contributed by atoms with Crippen molar-refractivity contribution in [2.24, 2.45) is 5.16 Å². The van der Waals surface area contributed by atoms with E-state index in [0.29, 0.717) is 11.0 Å². The summed E-state index contributed by atoms with van der Waals surface area (Å²) in [7, 11) is 1.33. The van der Waals surface area contributed by atoms with E-state index in [9.17, 15) is 9.59 Å². The van der Waals surface area contributed by atoms with Crippen molar-refractivity contribution in [3.63, 3.8) is 0 Å². The van der Waals surface area contributed by atoms with E-state index in [-0.39, 0.29) is 6.10 Å². The summed E-state index contributed by atoms with van der Waals surface area (Å²) in [4.78, 5) is 27.4. The number of carbonyl (C=O) groups is 2. The van der Waals surface area contributed by atoms with Crippen LogP contribution in [0.5, 0.6) is 0 Å². The van der Waals surface area contributed by atoms with Crippen LogP contribution in [0.4, 0.5) is 4.79 Å². The lowest BCUT2D eigenvalue weighted by Gasteiger charge is -2.09. The lowest BCUT2D eigenvalue weighted by molar-refractivity contribution is -0.126. The SMILES string of the molecule is CC(=O)N(C)C(=O)O/N=C1/SCOC1C. The van der Waals surface area contributed by atoms with Gasteiger partial charge in [-0.05, 0) is 6.92 Å². The minimum absolute atomic E-state index is 0.162. The fourth-order valence-electron chi connectivity index (χ4n) is 0.759. The summed E-state index contributed by atoms with van der Waals surface area (Å²) in [6.45, 7) is 3.08. The molecule has 1 atom stereocenters. The summed E-state index contributed by atoms with van der Waals surface area (Å²) in [5.74, 6) is 0.101. The number of nitrogens with zero attached hydrogens (tertiary/aromatic N) is 2. The normalized spacial score (nSPS) is 22.9. The molecule has 2 amide bonds. The third-order valence-electron chi connectivity index (χ3n) is 1.83. The zero-order valence-electron chi connectivity index (χ0n) is 8.72. The molecule has 1 aliphatic rings. The van der Waals surface area contributed by atoms with Gasteiger partial charge in [0.25, 0.3) is 0 Å². The fourth-order valence-corrected chi connectivity index (χ4v) is 1.55. The zero-order chi connectivity index (χ0) is 11.4. The molecule has 0 bridgehead atoms. The van der Waals surface area contributed by atoms with Crippen molar-refractivity contribution < 1.29 is 19.2 Å². The highest BCUT2D eigenvalue weighted by Crippen LogP contribution is 2.20. The van der Waals surface area contributed by atoms with E-state index in [1.54, 1.807) is 6.92 Å². The van der Waals surface area contributed by atoms with Gasteiger partial charge in [0.2, 0.25) is 5.91 Å². The van der Waals surface area contributed by atoms with E-state index >= 15 is 0 Å². The van der Waals surface area contributed by atoms with Crippen LogP contribution in [-0.4, -0.2) is 41.0 Å². The van der Waals surface area contributed by atoms with Gasteiger partial charge in [-0.3, -0.25) is 9.63 Å². The molecule has 6 nitrogen and oxygen atoms in total. The number of hydrogen-bond acceptors (Lipinski definition) is 6. The molecule has 1 rings (SSSR count). The number of rotatable bonds is 1. The Balaban J connectivity index is 2.49. The molecule has 7 heteroatoms. The highest BCUT2D eigenvalue weighted by Gasteiger charge is 2.21. The van der Waals surface area contributed by atoms with Crippen LogP contribution in [0, 0.1) is 0 Å². The van der Waals surface area contributed by atoms with E-state index in [2.05, 4.69) is 9.99 Å². The summed E-state index contributed by atoms with van der Waals surface area (Å²) in [6.07, 6.45) is -0.958. The zero-order valence-corrected chi connectivity index (χ0v) is 9.54. The number of hydrogen-bond donors (Lipinski definition) is 0. The topological polar surface area (TPSA) is 68.2 Å². The van der Waals surface area contributed by atoms with Crippen LogP contribution in [0.3, 0.4) is 0 Å². The Hall–Kier alpha value is -1.08. The van der Waals surface area contributed by atoms with Crippen molar-refractivity contribution in [3.05, 3.63) is 0 Å². The maximum atomic E-state index is 11.2. The minimum atomic E-state index is -0.797. The highest BCUT2D eigenvalue weighted by atomic mass is 32.2. The van der Waals surface area contributed by atoms with Gasteiger partial charge < -0.3 is 4.74 Å². The molecule has 1 saturated heterocycles. The molecule has 1 fully saturated rings. The summed E-state index contributed by atoms with van der Waals surface area (Å²) >= 11 is 1.36. The van der Waals surface area contributed by atoms with Crippen LogP contribution < -0.4 is 0 Å². The molecule has 0 aromatic heterocycles. The maximum Gasteiger partial charge on any atom is 0.442 e.